The van der Waals surface area contributed by atoms with Crippen molar-refractivity contribution in [2.24, 2.45) is 11.8 Å². The monoisotopic (exact) mass is 258 g/mol. The van der Waals surface area contributed by atoms with E-state index in [4.69, 9.17) is 0 Å². The molecule has 6 heteroatoms. The second-order valence-electron chi connectivity index (χ2n) is 4.46. The SMILES string of the molecule is CC(C)C(C)CNS(=O)(=O)c1ccc(=O)[nH]c1. The van der Waals surface area contributed by atoms with Crippen LogP contribution in [0.25, 0.3) is 0 Å². The van der Waals surface area contributed by atoms with Gasteiger partial charge in [0.25, 0.3) is 0 Å². The van der Waals surface area contributed by atoms with Crippen LogP contribution in [0.5, 0.6) is 0 Å². The van der Waals surface area contributed by atoms with Crippen LogP contribution in [-0.2, 0) is 10.0 Å². The van der Waals surface area contributed by atoms with E-state index in [0.717, 1.165) is 0 Å². The summed E-state index contributed by atoms with van der Waals surface area (Å²) >= 11 is 0. The number of hydrogen-bond donors (Lipinski definition) is 2. The van der Waals surface area contributed by atoms with Crippen molar-refractivity contribution in [2.75, 3.05) is 6.54 Å². The quantitative estimate of drug-likeness (QED) is 0.825. The molecule has 0 radical (unpaired) electrons. The fourth-order valence-electron chi connectivity index (χ4n) is 1.12. The third kappa shape index (κ3) is 3.98. The predicted molar refractivity (Wildman–Crippen MR) is 66.3 cm³/mol. The topological polar surface area (TPSA) is 79.0 Å². The maximum atomic E-state index is 11.8. The van der Waals surface area contributed by atoms with Gasteiger partial charge in [0.2, 0.25) is 15.6 Å². The summed E-state index contributed by atoms with van der Waals surface area (Å²) in [5, 5.41) is 0. The van der Waals surface area contributed by atoms with Gasteiger partial charge in [0.15, 0.2) is 0 Å². The molecule has 1 rings (SSSR count). The number of hydrogen-bond acceptors (Lipinski definition) is 3. The predicted octanol–water partition coefficient (Wildman–Crippen LogP) is 0.945. The van der Waals surface area contributed by atoms with Gasteiger partial charge in [0.05, 0.1) is 4.90 Å². The van der Waals surface area contributed by atoms with Crippen molar-refractivity contribution in [3.05, 3.63) is 28.7 Å². The van der Waals surface area contributed by atoms with Crippen LogP contribution in [0.4, 0.5) is 0 Å². The fraction of sp³-hybridized carbons (Fsp3) is 0.545. The van der Waals surface area contributed by atoms with Crippen LogP contribution in [-0.4, -0.2) is 19.9 Å². The molecule has 2 N–H and O–H groups in total. The van der Waals surface area contributed by atoms with Crippen molar-refractivity contribution in [1.82, 2.24) is 9.71 Å². The van der Waals surface area contributed by atoms with E-state index in [1.165, 1.54) is 18.3 Å². The number of rotatable bonds is 5. The van der Waals surface area contributed by atoms with Crippen molar-refractivity contribution in [3.8, 4) is 0 Å². The van der Waals surface area contributed by atoms with Gasteiger partial charge in [0, 0.05) is 18.8 Å². The Morgan fingerprint density at radius 1 is 1.29 bits per heavy atom. The molecule has 96 valence electrons. The lowest BCUT2D eigenvalue weighted by molar-refractivity contribution is 0.414. The second kappa shape index (κ2) is 5.46. The van der Waals surface area contributed by atoms with Gasteiger partial charge in [-0.2, -0.15) is 0 Å². The summed E-state index contributed by atoms with van der Waals surface area (Å²) in [6.45, 7) is 6.46. The molecular formula is C11H18N2O3S. The standard InChI is InChI=1S/C11H18N2O3S/c1-8(2)9(3)6-13-17(15,16)10-4-5-11(14)12-7-10/h4-5,7-9,13H,6H2,1-3H3,(H,12,14). The fourth-order valence-corrected chi connectivity index (χ4v) is 2.23. The lowest BCUT2D eigenvalue weighted by Crippen LogP contribution is -2.30. The molecule has 0 spiro atoms. The van der Waals surface area contributed by atoms with Crippen molar-refractivity contribution >= 4 is 10.0 Å². The molecule has 0 saturated carbocycles. The van der Waals surface area contributed by atoms with Crippen molar-refractivity contribution in [1.29, 1.82) is 0 Å². The Bertz CT molecular complexity index is 499. The average Bonchev–Trinajstić information content (AvgIpc) is 2.26. The zero-order valence-corrected chi connectivity index (χ0v) is 11.0. The van der Waals surface area contributed by atoms with Crippen LogP contribution < -0.4 is 10.3 Å². The van der Waals surface area contributed by atoms with Crippen molar-refractivity contribution in [3.63, 3.8) is 0 Å². The molecule has 0 bridgehead atoms. The minimum absolute atomic E-state index is 0.0769. The average molecular weight is 258 g/mol. The van der Waals surface area contributed by atoms with E-state index in [2.05, 4.69) is 9.71 Å². The van der Waals surface area contributed by atoms with E-state index in [-0.39, 0.29) is 16.4 Å². The summed E-state index contributed by atoms with van der Waals surface area (Å²) < 4.78 is 26.2. The summed E-state index contributed by atoms with van der Waals surface area (Å²) in [4.78, 5) is 13.3. The van der Waals surface area contributed by atoms with Gasteiger partial charge in [-0.15, -0.1) is 0 Å². The zero-order valence-electron chi connectivity index (χ0n) is 10.2. The first-order chi connectivity index (χ1) is 7.83. The molecule has 1 aromatic rings. The highest BCUT2D eigenvalue weighted by Gasteiger charge is 2.16. The van der Waals surface area contributed by atoms with E-state index in [0.29, 0.717) is 12.5 Å². The van der Waals surface area contributed by atoms with Crippen LogP contribution in [0.1, 0.15) is 20.8 Å². The van der Waals surface area contributed by atoms with Crippen LogP contribution in [0.15, 0.2) is 28.0 Å². The number of aromatic amines is 1. The smallest absolute Gasteiger partial charge is 0.247 e. The minimum atomic E-state index is -3.53. The molecule has 0 aliphatic rings. The Morgan fingerprint density at radius 3 is 2.41 bits per heavy atom. The maximum absolute atomic E-state index is 11.8. The maximum Gasteiger partial charge on any atom is 0.247 e. The summed E-state index contributed by atoms with van der Waals surface area (Å²) in [6, 6.07) is 2.49. The number of pyridine rings is 1. The van der Waals surface area contributed by atoms with E-state index in [1.807, 2.05) is 20.8 Å². The van der Waals surface area contributed by atoms with Gasteiger partial charge in [-0.1, -0.05) is 20.8 Å². The van der Waals surface area contributed by atoms with Crippen LogP contribution >= 0.6 is 0 Å². The molecule has 5 nitrogen and oxygen atoms in total. The largest absolute Gasteiger partial charge is 0.328 e. The van der Waals surface area contributed by atoms with E-state index in [1.54, 1.807) is 0 Å². The molecule has 0 aliphatic heterocycles. The Kier molecular flexibility index (Phi) is 4.47. The summed E-state index contributed by atoms with van der Waals surface area (Å²) in [5.41, 5.74) is -0.320. The highest BCUT2D eigenvalue weighted by atomic mass is 32.2. The Hall–Kier alpha value is -1.14. The highest BCUT2D eigenvalue weighted by Crippen LogP contribution is 2.10. The Labute approximate surface area is 101 Å². The Balaban J connectivity index is 2.76. The van der Waals surface area contributed by atoms with E-state index >= 15 is 0 Å². The van der Waals surface area contributed by atoms with Gasteiger partial charge in [-0.05, 0) is 17.9 Å². The lowest BCUT2D eigenvalue weighted by Gasteiger charge is -2.16. The highest BCUT2D eigenvalue weighted by molar-refractivity contribution is 7.89. The number of aromatic nitrogens is 1. The molecule has 17 heavy (non-hydrogen) atoms. The van der Waals surface area contributed by atoms with Crippen LogP contribution in [0.2, 0.25) is 0 Å². The zero-order chi connectivity index (χ0) is 13.1. The first-order valence-electron chi connectivity index (χ1n) is 5.51. The third-order valence-electron chi connectivity index (χ3n) is 2.80. The van der Waals surface area contributed by atoms with Crippen molar-refractivity contribution < 1.29 is 8.42 Å². The normalized spacial score (nSPS) is 13.9. The first-order valence-corrected chi connectivity index (χ1v) is 6.99. The molecule has 0 amide bonds. The number of sulfonamides is 1. The number of H-pyrrole nitrogens is 1. The van der Waals surface area contributed by atoms with Crippen LogP contribution in [0.3, 0.4) is 0 Å². The molecule has 0 fully saturated rings. The second-order valence-corrected chi connectivity index (χ2v) is 6.23. The Morgan fingerprint density at radius 2 is 1.94 bits per heavy atom. The van der Waals surface area contributed by atoms with Crippen LogP contribution in [0, 0.1) is 11.8 Å². The lowest BCUT2D eigenvalue weighted by atomic mass is 9.99. The van der Waals surface area contributed by atoms with Gasteiger partial charge in [0.1, 0.15) is 0 Å². The van der Waals surface area contributed by atoms with Gasteiger partial charge >= 0.3 is 0 Å². The summed E-state index contributed by atoms with van der Waals surface area (Å²) in [7, 11) is -3.53. The molecular weight excluding hydrogens is 240 g/mol. The van der Waals surface area contributed by atoms with Crippen molar-refractivity contribution in [2.45, 2.75) is 25.7 Å². The molecule has 1 unspecified atom stereocenters. The number of nitrogens with one attached hydrogen (secondary N) is 2. The molecule has 0 aromatic carbocycles. The minimum Gasteiger partial charge on any atom is -0.328 e. The van der Waals surface area contributed by atoms with E-state index < -0.39 is 10.0 Å². The first kappa shape index (κ1) is 13.9. The molecule has 1 atom stereocenters. The van der Waals surface area contributed by atoms with Gasteiger partial charge in [-0.3, -0.25) is 4.79 Å². The molecule has 0 aliphatic carbocycles. The summed E-state index contributed by atoms with van der Waals surface area (Å²) in [6.07, 6.45) is 1.20. The third-order valence-corrected chi connectivity index (χ3v) is 4.22. The molecule has 0 saturated heterocycles. The summed E-state index contributed by atoms with van der Waals surface area (Å²) in [5.74, 6) is 0.667. The van der Waals surface area contributed by atoms with Gasteiger partial charge < -0.3 is 4.98 Å². The molecule has 1 heterocycles. The van der Waals surface area contributed by atoms with Gasteiger partial charge in [-0.25, -0.2) is 13.1 Å². The molecule has 1 aromatic heterocycles. The van der Waals surface area contributed by atoms with E-state index in [9.17, 15) is 13.2 Å².